The first-order valence-corrected chi connectivity index (χ1v) is 9.74. The lowest BCUT2D eigenvalue weighted by Crippen LogP contribution is -2.43. The molecule has 1 atom stereocenters. The summed E-state index contributed by atoms with van der Waals surface area (Å²) in [7, 11) is 0. The van der Waals surface area contributed by atoms with Gasteiger partial charge in [-0.3, -0.25) is 0 Å². The van der Waals surface area contributed by atoms with E-state index in [0.29, 0.717) is 6.61 Å². The molecule has 0 aromatic carbocycles. The molecule has 1 aliphatic carbocycles. The van der Waals surface area contributed by atoms with Crippen LogP contribution in [0.4, 0.5) is 5.95 Å². The summed E-state index contributed by atoms with van der Waals surface area (Å²) in [4.78, 5) is 14.8. The average molecular weight is 344 g/mol. The Kier molecular flexibility index (Phi) is 3.95. The number of hydrogen-bond acceptors (Lipinski definition) is 6. The zero-order valence-corrected chi connectivity index (χ0v) is 15.2. The number of likely N-dealkylation sites (tertiary alicyclic amines) is 1. The summed E-state index contributed by atoms with van der Waals surface area (Å²) in [5, 5.41) is 0. The van der Waals surface area contributed by atoms with Crippen LogP contribution in [0.2, 0.25) is 0 Å². The molecule has 3 fully saturated rings. The second kappa shape index (κ2) is 6.18. The van der Waals surface area contributed by atoms with E-state index in [9.17, 15) is 0 Å². The van der Waals surface area contributed by atoms with E-state index in [4.69, 9.17) is 19.4 Å². The van der Waals surface area contributed by atoms with Crippen molar-refractivity contribution in [3.63, 3.8) is 0 Å². The van der Waals surface area contributed by atoms with Gasteiger partial charge < -0.3 is 19.3 Å². The predicted molar refractivity (Wildman–Crippen MR) is 94.9 cm³/mol. The van der Waals surface area contributed by atoms with Crippen LogP contribution in [-0.2, 0) is 21.5 Å². The Morgan fingerprint density at radius 1 is 1.12 bits per heavy atom. The summed E-state index contributed by atoms with van der Waals surface area (Å²) in [6, 6.07) is 0. The summed E-state index contributed by atoms with van der Waals surface area (Å²) in [5.74, 6) is 1.83. The highest BCUT2D eigenvalue weighted by molar-refractivity contribution is 5.42. The van der Waals surface area contributed by atoms with E-state index in [-0.39, 0.29) is 5.41 Å². The lowest BCUT2D eigenvalue weighted by Gasteiger charge is -2.36. The molecule has 6 nitrogen and oxygen atoms in total. The van der Waals surface area contributed by atoms with Crippen LogP contribution in [0.15, 0.2) is 0 Å². The van der Waals surface area contributed by atoms with Crippen LogP contribution < -0.4 is 4.90 Å². The van der Waals surface area contributed by atoms with Crippen LogP contribution in [0.3, 0.4) is 0 Å². The Morgan fingerprint density at radius 2 is 1.96 bits per heavy atom. The van der Waals surface area contributed by atoms with E-state index in [1.807, 2.05) is 0 Å². The van der Waals surface area contributed by atoms with Crippen molar-refractivity contribution in [2.24, 2.45) is 5.92 Å². The molecule has 4 aliphatic rings. The van der Waals surface area contributed by atoms with Crippen molar-refractivity contribution in [2.75, 3.05) is 57.4 Å². The predicted octanol–water partition coefficient (Wildman–Crippen LogP) is 1.51. The van der Waals surface area contributed by atoms with Gasteiger partial charge in [0.15, 0.2) is 0 Å². The number of ether oxygens (including phenoxy) is 2. The second-order valence-corrected chi connectivity index (χ2v) is 8.24. The number of morpholine rings is 1. The fraction of sp³-hybridized carbons (Fsp3) is 0.789. The molecule has 5 rings (SSSR count). The van der Waals surface area contributed by atoms with E-state index in [1.165, 1.54) is 37.2 Å². The summed E-state index contributed by atoms with van der Waals surface area (Å²) in [6.07, 6.45) is 3.99. The minimum absolute atomic E-state index is 0.0667. The molecular formula is C19H28N4O2. The molecule has 2 saturated heterocycles. The second-order valence-electron chi connectivity index (χ2n) is 8.24. The standard InChI is InChI=1S/C19H28N4O2/c1-14-16-11-25-13-19(4-5-22(12-19)10-15-2-3-15)17(16)21-18(20-14)23-6-8-24-9-7-23/h15H,2-13H2,1H3/t19-/m1/s1. The zero-order chi connectivity index (χ0) is 16.9. The van der Waals surface area contributed by atoms with Gasteiger partial charge in [-0.1, -0.05) is 0 Å². The van der Waals surface area contributed by atoms with E-state index in [2.05, 4.69) is 16.7 Å². The molecule has 1 spiro atoms. The minimum atomic E-state index is 0.0667. The third kappa shape index (κ3) is 2.94. The highest BCUT2D eigenvalue weighted by Crippen LogP contribution is 2.42. The fourth-order valence-electron chi connectivity index (χ4n) is 4.61. The molecular weight excluding hydrogens is 316 g/mol. The number of aryl methyl sites for hydroxylation is 1. The summed E-state index contributed by atoms with van der Waals surface area (Å²) in [6.45, 7) is 10.4. The lowest BCUT2D eigenvalue weighted by molar-refractivity contribution is 0.0498. The molecule has 1 aromatic rings. The molecule has 0 amide bonds. The fourth-order valence-corrected chi connectivity index (χ4v) is 4.61. The number of rotatable bonds is 3. The number of hydrogen-bond donors (Lipinski definition) is 0. The molecule has 0 radical (unpaired) electrons. The van der Waals surface area contributed by atoms with Gasteiger partial charge in [0.05, 0.1) is 37.5 Å². The molecule has 0 unspecified atom stereocenters. The third-order valence-corrected chi connectivity index (χ3v) is 6.27. The molecule has 136 valence electrons. The van der Waals surface area contributed by atoms with Gasteiger partial charge in [-0.15, -0.1) is 0 Å². The number of anilines is 1. The Hall–Kier alpha value is -1.24. The summed E-state index contributed by atoms with van der Waals surface area (Å²) < 4.78 is 11.5. The summed E-state index contributed by atoms with van der Waals surface area (Å²) >= 11 is 0. The van der Waals surface area contributed by atoms with Crippen LogP contribution in [0.5, 0.6) is 0 Å². The third-order valence-electron chi connectivity index (χ3n) is 6.27. The smallest absolute Gasteiger partial charge is 0.225 e. The monoisotopic (exact) mass is 344 g/mol. The van der Waals surface area contributed by atoms with Crippen LogP contribution in [0.1, 0.15) is 36.2 Å². The highest BCUT2D eigenvalue weighted by atomic mass is 16.5. The Balaban J connectivity index is 1.47. The largest absolute Gasteiger partial charge is 0.378 e. The molecule has 25 heavy (non-hydrogen) atoms. The van der Waals surface area contributed by atoms with Crippen LogP contribution in [-0.4, -0.2) is 67.4 Å². The van der Waals surface area contributed by atoms with E-state index in [1.54, 1.807) is 0 Å². The van der Waals surface area contributed by atoms with Crippen molar-refractivity contribution in [2.45, 2.75) is 38.2 Å². The van der Waals surface area contributed by atoms with Crippen molar-refractivity contribution in [1.29, 1.82) is 0 Å². The maximum absolute atomic E-state index is 6.03. The van der Waals surface area contributed by atoms with E-state index < -0.39 is 0 Å². The van der Waals surface area contributed by atoms with Crippen LogP contribution >= 0.6 is 0 Å². The van der Waals surface area contributed by atoms with E-state index >= 15 is 0 Å². The van der Waals surface area contributed by atoms with Gasteiger partial charge >= 0.3 is 0 Å². The lowest BCUT2D eigenvalue weighted by atomic mass is 9.80. The molecule has 3 aliphatic heterocycles. The van der Waals surface area contributed by atoms with Crippen molar-refractivity contribution < 1.29 is 9.47 Å². The van der Waals surface area contributed by atoms with Gasteiger partial charge in [-0.2, -0.15) is 0 Å². The van der Waals surface area contributed by atoms with Crippen molar-refractivity contribution in [3.8, 4) is 0 Å². The summed E-state index contributed by atoms with van der Waals surface area (Å²) in [5.41, 5.74) is 3.66. The van der Waals surface area contributed by atoms with Gasteiger partial charge in [0.1, 0.15) is 0 Å². The Bertz CT molecular complexity index is 657. The van der Waals surface area contributed by atoms with Crippen LogP contribution in [0.25, 0.3) is 0 Å². The first-order chi connectivity index (χ1) is 12.2. The molecule has 1 aromatic heterocycles. The number of aromatic nitrogens is 2. The maximum Gasteiger partial charge on any atom is 0.225 e. The molecule has 4 heterocycles. The van der Waals surface area contributed by atoms with Crippen molar-refractivity contribution >= 4 is 5.95 Å². The van der Waals surface area contributed by atoms with Gasteiger partial charge in [0, 0.05) is 37.4 Å². The van der Waals surface area contributed by atoms with Gasteiger partial charge in [-0.05, 0) is 38.6 Å². The topological polar surface area (TPSA) is 50.7 Å². The molecule has 6 heteroatoms. The van der Waals surface area contributed by atoms with Gasteiger partial charge in [-0.25, -0.2) is 9.97 Å². The van der Waals surface area contributed by atoms with Gasteiger partial charge in [0.2, 0.25) is 5.95 Å². The normalized spacial score (nSPS) is 30.0. The minimum Gasteiger partial charge on any atom is -0.378 e. The molecule has 0 bridgehead atoms. The van der Waals surface area contributed by atoms with Crippen molar-refractivity contribution in [1.82, 2.24) is 14.9 Å². The van der Waals surface area contributed by atoms with Gasteiger partial charge in [0.25, 0.3) is 0 Å². The maximum atomic E-state index is 6.03. The number of fused-ring (bicyclic) bond motifs is 2. The molecule has 1 saturated carbocycles. The highest BCUT2D eigenvalue weighted by Gasteiger charge is 2.46. The average Bonchev–Trinajstić information content (AvgIpc) is 3.36. The first-order valence-electron chi connectivity index (χ1n) is 9.74. The first kappa shape index (κ1) is 16.0. The Morgan fingerprint density at radius 3 is 2.76 bits per heavy atom. The van der Waals surface area contributed by atoms with Crippen LogP contribution in [0, 0.1) is 12.8 Å². The number of nitrogens with zero attached hydrogens (tertiary/aromatic N) is 4. The molecule has 0 N–H and O–H groups in total. The quantitative estimate of drug-likeness (QED) is 0.828. The van der Waals surface area contributed by atoms with E-state index in [0.717, 1.165) is 63.4 Å². The van der Waals surface area contributed by atoms with Crippen molar-refractivity contribution in [3.05, 3.63) is 17.0 Å². The SMILES string of the molecule is Cc1nc(N2CCOCC2)nc2c1COC[C@]21CCN(CC2CC2)C1. The Labute approximate surface area is 149 Å². The zero-order valence-electron chi connectivity index (χ0n) is 15.2.